The monoisotopic (exact) mass is 161 g/mol. The van der Waals surface area contributed by atoms with E-state index in [-0.39, 0.29) is 0 Å². The van der Waals surface area contributed by atoms with Gasteiger partial charge in [0.15, 0.2) is 0 Å². The van der Waals surface area contributed by atoms with Gasteiger partial charge >= 0.3 is 0 Å². The summed E-state index contributed by atoms with van der Waals surface area (Å²) >= 11 is 0. The Morgan fingerprint density at radius 1 is 1.18 bits per heavy atom. The molecule has 0 aliphatic carbocycles. The molecule has 0 radical (unpaired) electrons. The molecule has 0 aromatic carbocycles. The molecule has 11 heavy (non-hydrogen) atoms. The van der Waals surface area contributed by atoms with Gasteiger partial charge in [-0.15, -0.1) is 0 Å². The average Bonchev–Trinajstić information content (AvgIpc) is 2.03. The second kappa shape index (κ2) is 9.59. The molecule has 66 valence electrons. The quantitative estimate of drug-likeness (QED) is 0.302. The smallest absolute Gasteiger partial charge is 0.281 e. The Hall–Kier alpha value is -0.410. The Balaban J connectivity index is 2.74. The molecule has 0 saturated carbocycles. The first-order chi connectivity index (χ1) is 5.41. The molecule has 0 aromatic rings. The Morgan fingerprint density at radius 2 is 1.91 bits per heavy atom. The van der Waals surface area contributed by atoms with Crippen molar-refractivity contribution in [2.45, 2.75) is 19.3 Å². The van der Waals surface area contributed by atoms with Gasteiger partial charge in [0.05, 0.1) is 6.42 Å². The van der Waals surface area contributed by atoms with Crippen molar-refractivity contribution >= 4 is 6.29 Å². The Bertz CT molecular complexity index is 83.4. The average molecular weight is 161 g/mol. The van der Waals surface area contributed by atoms with Gasteiger partial charge in [0.2, 0.25) is 0 Å². The van der Waals surface area contributed by atoms with Gasteiger partial charge in [0.1, 0.15) is 0 Å². The van der Waals surface area contributed by atoms with Crippen LogP contribution in [0, 0.1) is 0 Å². The lowest BCUT2D eigenvalue weighted by Gasteiger charge is -2.00. The van der Waals surface area contributed by atoms with Crippen molar-refractivity contribution in [3.05, 3.63) is 0 Å². The Kier molecular flexibility index (Phi) is 9.23. The highest BCUT2D eigenvalue weighted by Gasteiger charge is 1.89. The van der Waals surface area contributed by atoms with Crippen LogP contribution in [0.25, 0.3) is 0 Å². The topological polar surface area (TPSA) is 39.9 Å². The fourth-order valence-electron chi connectivity index (χ4n) is 0.684. The second-order valence-corrected chi connectivity index (χ2v) is 2.28. The first-order valence-electron chi connectivity index (χ1n) is 3.94. The van der Waals surface area contributed by atoms with Crippen molar-refractivity contribution in [2.75, 3.05) is 26.9 Å². The number of methoxy groups -OCH3 is 1. The van der Waals surface area contributed by atoms with E-state index in [4.69, 9.17) is 14.3 Å². The van der Waals surface area contributed by atoms with E-state index in [1.165, 1.54) is 6.29 Å². The first-order valence-corrected chi connectivity index (χ1v) is 3.94. The number of unbranched alkanes of at least 4 members (excludes halogenated alkanes) is 1. The minimum atomic E-state index is 0.713. The van der Waals surface area contributed by atoms with E-state index < -0.39 is 0 Å². The van der Waals surface area contributed by atoms with E-state index in [0.29, 0.717) is 6.42 Å². The van der Waals surface area contributed by atoms with Gasteiger partial charge < -0.3 is 9.47 Å². The van der Waals surface area contributed by atoms with Crippen LogP contribution in [-0.2, 0) is 9.47 Å². The number of carbonyl (C=O) groups excluding carboxylic acids is 1. The largest absolute Gasteiger partial charge is 0.385 e. The summed E-state index contributed by atoms with van der Waals surface area (Å²) < 4.78 is 10.1. The molecule has 3 nitrogen and oxygen atoms in total. The molecular weight excluding hydrogens is 144 g/mol. The van der Waals surface area contributed by atoms with E-state index in [1.807, 2.05) is 0 Å². The van der Waals surface area contributed by atoms with Gasteiger partial charge in [-0.2, -0.15) is 0 Å². The van der Waals surface area contributed by atoms with Gasteiger partial charge in [0.25, 0.3) is 6.29 Å². The van der Waals surface area contributed by atoms with Crippen molar-refractivity contribution in [3.8, 4) is 0 Å². The molecule has 3 heteroatoms. The maximum Gasteiger partial charge on any atom is 0.281 e. The van der Waals surface area contributed by atoms with Crippen molar-refractivity contribution in [3.63, 3.8) is 0 Å². The molecule has 0 aliphatic heterocycles. The number of hydrogen-bond acceptors (Lipinski definition) is 2. The van der Waals surface area contributed by atoms with Crippen LogP contribution in [-0.4, -0.2) is 38.0 Å². The summed E-state index contributed by atoms with van der Waals surface area (Å²) in [7, 11) is 1.68. The molecule has 0 atom stereocenters. The molecule has 0 spiro atoms. The molecule has 0 unspecified atom stereocenters. The van der Waals surface area contributed by atoms with Crippen LogP contribution in [0.1, 0.15) is 19.3 Å². The third-order valence-corrected chi connectivity index (χ3v) is 1.26. The molecule has 0 rings (SSSR count). The lowest BCUT2D eigenvalue weighted by Crippen LogP contribution is -2.00. The summed E-state index contributed by atoms with van der Waals surface area (Å²) in [6.45, 7) is 2.23. The third-order valence-electron chi connectivity index (χ3n) is 1.26. The van der Waals surface area contributed by atoms with Gasteiger partial charge in [-0.3, -0.25) is 4.79 Å². The predicted molar refractivity (Wildman–Crippen MR) is 44.5 cm³/mol. The summed E-state index contributed by atoms with van der Waals surface area (Å²) in [5, 5.41) is 0. The van der Waals surface area contributed by atoms with Gasteiger partial charge in [-0.1, -0.05) is 0 Å². The normalized spacial score (nSPS) is 9.91. The highest BCUT2D eigenvalue weighted by atomic mass is 16.5. The molecule has 0 bridgehead atoms. The van der Waals surface area contributed by atoms with E-state index >= 15 is 0 Å². The van der Waals surface area contributed by atoms with Crippen molar-refractivity contribution < 1.29 is 14.3 Å². The van der Waals surface area contributed by atoms with E-state index in [9.17, 15) is 0 Å². The lowest BCUT2D eigenvalue weighted by molar-refractivity contribution is 0.102. The van der Waals surface area contributed by atoms with Gasteiger partial charge in [-0.25, -0.2) is 0 Å². The molecule has 0 aliphatic rings. The standard InChI is InChI=1S/C8H16O3/c1-10-6-4-8-11-7-3-2-5-9/h5H,2-4,6-8H2,1H3/p+1. The summed E-state index contributed by atoms with van der Waals surface area (Å²) in [4.78, 5) is 8.31. The highest BCUT2D eigenvalue weighted by molar-refractivity contribution is 5.50. The maximum atomic E-state index is 8.31. The van der Waals surface area contributed by atoms with Gasteiger partial charge in [0, 0.05) is 26.9 Å². The zero-order valence-corrected chi connectivity index (χ0v) is 7.08. The highest BCUT2D eigenvalue weighted by Crippen LogP contribution is 1.88. The molecule has 0 fully saturated rings. The number of ether oxygens (including phenoxy) is 2. The summed E-state index contributed by atoms with van der Waals surface area (Å²) in [6, 6.07) is 0. The first kappa shape index (κ1) is 10.6. The molecule has 0 saturated heterocycles. The molecular formula is C8H17O3+. The van der Waals surface area contributed by atoms with Gasteiger partial charge in [-0.05, 0) is 12.8 Å². The number of rotatable bonds is 8. The van der Waals surface area contributed by atoms with Crippen LogP contribution in [0.3, 0.4) is 0 Å². The fourth-order valence-corrected chi connectivity index (χ4v) is 0.684. The van der Waals surface area contributed by atoms with E-state index in [1.54, 1.807) is 7.11 Å². The molecule has 1 N–H and O–H groups in total. The SMILES string of the molecule is COCCCOCCCC=[OH+]. The summed E-state index contributed by atoms with van der Waals surface area (Å²) in [5.74, 6) is 0. The van der Waals surface area contributed by atoms with Crippen LogP contribution in [0.15, 0.2) is 0 Å². The number of aldehydes is 1. The predicted octanol–water partition coefficient (Wildman–Crippen LogP) is 0.994. The summed E-state index contributed by atoms with van der Waals surface area (Å²) in [5.41, 5.74) is 0. The molecule has 0 aromatic heterocycles. The van der Waals surface area contributed by atoms with Crippen LogP contribution in [0.2, 0.25) is 0 Å². The summed E-state index contributed by atoms with van der Waals surface area (Å²) in [6.07, 6.45) is 3.71. The van der Waals surface area contributed by atoms with Crippen molar-refractivity contribution in [1.82, 2.24) is 0 Å². The third kappa shape index (κ3) is 9.59. The lowest BCUT2D eigenvalue weighted by atomic mass is 10.3. The Labute approximate surface area is 67.7 Å². The van der Waals surface area contributed by atoms with Crippen LogP contribution >= 0.6 is 0 Å². The molecule has 0 heterocycles. The van der Waals surface area contributed by atoms with Crippen molar-refractivity contribution in [2.24, 2.45) is 0 Å². The van der Waals surface area contributed by atoms with Crippen LogP contribution < -0.4 is 0 Å². The zero-order chi connectivity index (χ0) is 8.36. The maximum absolute atomic E-state index is 8.31. The molecule has 0 amide bonds. The van der Waals surface area contributed by atoms with Crippen LogP contribution in [0.4, 0.5) is 0 Å². The number of hydrogen-bond donors (Lipinski definition) is 0. The fraction of sp³-hybridized carbons (Fsp3) is 0.875. The van der Waals surface area contributed by atoms with E-state index in [0.717, 1.165) is 32.7 Å². The zero-order valence-electron chi connectivity index (χ0n) is 7.08. The Morgan fingerprint density at radius 3 is 2.55 bits per heavy atom. The van der Waals surface area contributed by atoms with Crippen molar-refractivity contribution in [1.29, 1.82) is 0 Å². The van der Waals surface area contributed by atoms with Crippen LogP contribution in [0.5, 0.6) is 0 Å². The van der Waals surface area contributed by atoms with E-state index in [2.05, 4.69) is 0 Å². The second-order valence-electron chi connectivity index (χ2n) is 2.28. The minimum absolute atomic E-state index is 0.713. The minimum Gasteiger partial charge on any atom is -0.385 e.